The summed E-state index contributed by atoms with van der Waals surface area (Å²) in [5.41, 5.74) is 3.03. The molecule has 0 aliphatic rings. The van der Waals surface area contributed by atoms with Gasteiger partial charge in [-0.3, -0.25) is 9.59 Å². The Hall–Kier alpha value is -2.74. The van der Waals surface area contributed by atoms with E-state index in [2.05, 4.69) is 31.8 Å². The minimum atomic E-state index is -0.608. The molecule has 27 heavy (non-hydrogen) atoms. The number of benzene rings is 2. The predicted octanol–water partition coefficient (Wildman–Crippen LogP) is 3.26. The van der Waals surface area contributed by atoms with Crippen LogP contribution in [0.5, 0.6) is 5.75 Å². The zero-order valence-electron chi connectivity index (χ0n) is 14.7. The lowest BCUT2D eigenvalue weighted by Gasteiger charge is -2.07. The fourth-order valence-electron chi connectivity index (χ4n) is 2.17. The summed E-state index contributed by atoms with van der Waals surface area (Å²) in [6.07, 6.45) is 1.49. The standard InChI is InChI=1S/C19H19BrFN3O3/c1-2-27-17-8-7-14(20)11-13(17)12-23-24-18(25)9-10-22-19(26)15-5-3-4-6-16(15)21/h3-8,11-12H,2,9-10H2,1H3,(H,22,26)(H,24,25). The number of hydrazone groups is 1. The van der Waals surface area contributed by atoms with Crippen LogP contribution in [0.1, 0.15) is 29.3 Å². The number of nitrogens with zero attached hydrogens (tertiary/aromatic N) is 1. The normalized spacial score (nSPS) is 10.6. The van der Waals surface area contributed by atoms with E-state index in [1.54, 1.807) is 12.1 Å². The van der Waals surface area contributed by atoms with Gasteiger partial charge in [-0.1, -0.05) is 28.1 Å². The quantitative estimate of drug-likeness (QED) is 0.493. The van der Waals surface area contributed by atoms with Gasteiger partial charge < -0.3 is 10.1 Å². The number of amides is 2. The van der Waals surface area contributed by atoms with Gasteiger partial charge in [-0.05, 0) is 37.3 Å². The largest absolute Gasteiger partial charge is 0.493 e. The van der Waals surface area contributed by atoms with Crippen LogP contribution in [0.15, 0.2) is 52.0 Å². The number of halogens is 2. The van der Waals surface area contributed by atoms with Crippen molar-refractivity contribution in [1.82, 2.24) is 10.7 Å². The SMILES string of the molecule is CCOc1ccc(Br)cc1C=NNC(=O)CCNC(=O)c1ccccc1F. The van der Waals surface area contributed by atoms with Crippen LogP contribution in [-0.2, 0) is 4.79 Å². The van der Waals surface area contributed by atoms with E-state index < -0.39 is 11.7 Å². The van der Waals surface area contributed by atoms with Crippen molar-refractivity contribution in [2.45, 2.75) is 13.3 Å². The van der Waals surface area contributed by atoms with E-state index in [1.807, 2.05) is 19.1 Å². The zero-order valence-corrected chi connectivity index (χ0v) is 16.3. The summed E-state index contributed by atoms with van der Waals surface area (Å²) in [5.74, 6) is -0.910. The Bertz CT molecular complexity index is 843. The Morgan fingerprint density at radius 3 is 2.78 bits per heavy atom. The summed E-state index contributed by atoms with van der Waals surface area (Å²) in [6.45, 7) is 2.45. The number of hydrogen-bond donors (Lipinski definition) is 2. The lowest BCUT2D eigenvalue weighted by molar-refractivity contribution is -0.120. The Balaban J connectivity index is 1.81. The highest BCUT2D eigenvalue weighted by Gasteiger charge is 2.10. The number of carbonyl (C=O) groups is 2. The summed E-state index contributed by atoms with van der Waals surface area (Å²) in [4.78, 5) is 23.7. The molecule has 0 fully saturated rings. The molecule has 0 bridgehead atoms. The van der Waals surface area contributed by atoms with Crippen molar-refractivity contribution >= 4 is 34.0 Å². The van der Waals surface area contributed by atoms with Gasteiger partial charge in [-0.2, -0.15) is 5.10 Å². The minimum absolute atomic E-state index is 0.00827. The molecule has 0 spiro atoms. The molecule has 0 saturated carbocycles. The Labute approximate surface area is 164 Å². The third-order valence-electron chi connectivity index (χ3n) is 3.42. The molecule has 8 heteroatoms. The first-order valence-corrected chi connectivity index (χ1v) is 9.07. The first-order chi connectivity index (χ1) is 13.0. The molecular weight excluding hydrogens is 417 g/mol. The van der Waals surface area contributed by atoms with Crippen LogP contribution in [0.4, 0.5) is 4.39 Å². The number of nitrogens with one attached hydrogen (secondary N) is 2. The van der Waals surface area contributed by atoms with Crippen LogP contribution in [0.25, 0.3) is 0 Å². The molecule has 0 unspecified atom stereocenters. The summed E-state index contributed by atoms with van der Waals surface area (Å²) in [6, 6.07) is 11.1. The topological polar surface area (TPSA) is 79.8 Å². The van der Waals surface area contributed by atoms with E-state index in [0.717, 1.165) is 4.47 Å². The summed E-state index contributed by atoms with van der Waals surface area (Å²) < 4.78 is 19.8. The van der Waals surface area contributed by atoms with E-state index >= 15 is 0 Å². The second kappa shape index (κ2) is 10.4. The van der Waals surface area contributed by atoms with Crippen LogP contribution in [-0.4, -0.2) is 31.2 Å². The average molecular weight is 436 g/mol. The first-order valence-electron chi connectivity index (χ1n) is 8.28. The van der Waals surface area contributed by atoms with Crippen molar-refractivity contribution in [2.24, 2.45) is 5.10 Å². The molecule has 2 aromatic carbocycles. The van der Waals surface area contributed by atoms with Gasteiger partial charge >= 0.3 is 0 Å². The molecule has 2 aromatic rings. The molecule has 2 amide bonds. The third kappa shape index (κ3) is 6.49. The second-order valence-electron chi connectivity index (χ2n) is 5.39. The molecule has 2 N–H and O–H groups in total. The maximum absolute atomic E-state index is 13.5. The fraction of sp³-hybridized carbons (Fsp3) is 0.211. The molecule has 0 aliphatic carbocycles. The van der Waals surface area contributed by atoms with E-state index in [4.69, 9.17) is 4.74 Å². The number of hydrogen-bond acceptors (Lipinski definition) is 4. The van der Waals surface area contributed by atoms with Crippen molar-refractivity contribution in [1.29, 1.82) is 0 Å². The number of ether oxygens (including phenoxy) is 1. The van der Waals surface area contributed by atoms with Crippen LogP contribution >= 0.6 is 15.9 Å². The van der Waals surface area contributed by atoms with Gasteiger partial charge in [0.05, 0.1) is 18.4 Å². The van der Waals surface area contributed by atoms with Crippen LogP contribution in [0.2, 0.25) is 0 Å². The predicted molar refractivity (Wildman–Crippen MR) is 104 cm³/mol. The van der Waals surface area contributed by atoms with Gasteiger partial charge in [0, 0.05) is 23.0 Å². The van der Waals surface area contributed by atoms with Crippen LogP contribution in [0.3, 0.4) is 0 Å². The maximum Gasteiger partial charge on any atom is 0.254 e. The van der Waals surface area contributed by atoms with E-state index in [9.17, 15) is 14.0 Å². The molecule has 0 radical (unpaired) electrons. The molecule has 142 valence electrons. The molecule has 0 atom stereocenters. The maximum atomic E-state index is 13.5. The zero-order chi connectivity index (χ0) is 19.6. The first kappa shape index (κ1) is 20.6. The van der Waals surface area contributed by atoms with Crippen molar-refractivity contribution in [2.75, 3.05) is 13.2 Å². The van der Waals surface area contributed by atoms with Crippen molar-refractivity contribution in [3.63, 3.8) is 0 Å². The fourth-order valence-corrected chi connectivity index (χ4v) is 2.55. The summed E-state index contributed by atoms with van der Waals surface area (Å²) >= 11 is 3.37. The second-order valence-corrected chi connectivity index (χ2v) is 6.31. The minimum Gasteiger partial charge on any atom is -0.493 e. The van der Waals surface area contributed by atoms with Gasteiger partial charge in [-0.25, -0.2) is 9.82 Å². The number of rotatable bonds is 8. The van der Waals surface area contributed by atoms with Crippen LogP contribution in [0, 0.1) is 5.82 Å². The van der Waals surface area contributed by atoms with Gasteiger partial charge in [0.1, 0.15) is 11.6 Å². The molecule has 0 aromatic heterocycles. The molecule has 0 saturated heterocycles. The van der Waals surface area contributed by atoms with Gasteiger partial charge in [-0.15, -0.1) is 0 Å². The van der Waals surface area contributed by atoms with E-state index in [0.29, 0.717) is 17.9 Å². The summed E-state index contributed by atoms with van der Waals surface area (Å²) in [5, 5.41) is 6.39. The van der Waals surface area contributed by atoms with Gasteiger partial charge in [0.2, 0.25) is 5.91 Å². The highest BCUT2D eigenvalue weighted by molar-refractivity contribution is 9.10. The van der Waals surface area contributed by atoms with E-state index in [-0.39, 0.29) is 24.4 Å². The third-order valence-corrected chi connectivity index (χ3v) is 3.91. The number of carbonyl (C=O) groups excluding carboxylic acids is 2. The molecule has 2 rings (SSSR count). The average Bonchev–Trinajstić information content (AvgIpc) is 2.64. The van der Waals surface area contributed by atoms with Crippen LogP contribution < -0.4 is 15.5 Å². The van der Waals surface area contributed by atoms with Crippen molar-refractivity contribution in [3.05, 3.63) is 63.9 Å². The monoisotopic (exact) mass is 435 g/mol. The molecule has 6 nitrogen and oxygen atoms in total. The van der Waals surface area contributed by atoms with E-state index in [1.165, 1.54) is 24.4 Å². The molecule has 0 heterocycles. The van der Waals surface area contributed by atoms with Crippen molar-refractivity contribution in [3.8, 4) is 5.75 Å². The Morgan fingerprint density at radius 2 is 2.04 bits per heavy atom. The lowest BCUT2D eigenvalue weighted by Crippen LogP contribution is -2.29. The molecular formula is C19H19BrFN3O3. The highest BCUT2D eigenvalue weighted by atomic mass is 79.9. The smallest absolute Gasteiger partial charge is 0.254 e. The Morgan fingerprint density at radius 1 is 1.26 bits per heavy atom. The summed E-state index contributed by atoms with van der Waals surface area (Å²) in [7, 11) is 0. The lowest BCUT2D eigenvalue weighted by atomic mass is 10.2. The van der Waals surface area contributed by atoms with Crippen molar-refractivity contribution < 1.29 is 18.7 Å². The van der Waals surface area contributed by atoms with Gasteiger partial charge in [0.15, 0.2) is 0 Å². The Kier molecular flexibility index (Phi) is 7.94. The highest BCUT2D eigenvalue weighted by Crippen LogP contribution is 2.21. The molecule has 0 aliphatic heterocycles. The van der Waals surface area contributed by atoms with Gasteiger partial charge in [0.25, 0.3) is 5.91 Å².